The van der Waals surface area contributed by atoms with Gasteiger partial charge in [-0.15, -0.1) is 0 Å². The molecule has 1 aromatic rings. The van der Waals surface area contributed by atoms with Crippen molar-refractivity contribution in [2.45, 2.75) is 13.3 Å². The zero-order chi connectivity index (χ0) is 12.2. The third-order valence-electron chi connectivity index (χ3n) is 1.97. The van der Waals surface area contributed by atoms with E-state index in [-0.39, 0.29) is 11.7 Å². The molecule has 0 radical (unpaired) electrons. The Morgan fingerprint density at radius 1 is 1.50 bits per heavy atom. The smallest absolute Gasteiger partial charge is 0.221 e. The van der Waals surface area contributed by atoms with Crippen molar-refractivity contribution >= 4 is 21.6 Å². The third-order valence-corrected chi connectivity index (χ3v) is 3.00. The van der Waals surface area contributed by atoms with E-state index in [0.29, 0.717) is 18.8 Å². The Labute approximate surface area is 95.2 Å². The van der Waals surface area contributed by atoms with Gasteiger partial charge >= 0.3 is 0 Å². The summed E-state index contributed by atoms with van der Waals surface area (Å²) in [6, 6.07) is 0. The predicted molar refractivity (Wildman–Crippen MR) is 64.0 cm³/mol. The number of nitrogen functional groups attached to an aromatic ring is 1. The Balaban J connectivity index is 2.46. The molecule has 1 aromatic heterocycles. The molecule has 0 aliphatic rings. The van der Waals surface area contributed by atoms with E-state index in [0.717, 1.165) is 5.56 Å². The van der Waals surface area contributed by atoms with Crippen LogP contribution in [0.15, 0.2) is 6.20 Å². The minimum absolute atomic E-state index is 0.166. The molecule has 0 aromatic carbocycles. The Hall–Kier alpha value is -1.37. The first-order valence-electron chi connectivity index (χ1n) is 4.89. The van der Waals surface area contributed by atoms with E-state index in [9.17, 15) is 8.42 Å². The molecule has 0 atom stereocenters. The average molecular weight is 244 g/mol. The number of aromatic nitrogens is 2. The van der Waals surface area contributed by atoms with Gasteiger partial charge in [0.25, 0.3) is 0 Å². The fourth-order valence-electron chi connectivity index (χ4n) is 1.18. The van der Waals surface area contributed by atoms with Gasteiger partial charge in [-0.3, -0.25) is 0 Å². The summed E-state index contributed by atoms with van der Waals surface area (Å²) in [5, 5.41) is 3.03. The van der Waals surface area contributed by atoms with E-state index >= 15 is 0 Å². The Kier molecular flexibility index (Phi) is 4.05. The van der Waals surface area contributed by atoms with E-state index in [1.54, 1.807) is 6.20 Å². The fourth-order valence-corrected chi connectivity index (χ4v) is 1.84. The molecule has 90 valence electrons. The summed E-state index contributed by atoms with van der Waals surface area (Å²) in [6.07, 6.45) is 3.39. The summed E-state index contributed by atoms with van der Waals surface area (Å²) >= 11 is 0. The minimum Gasteiger partial charge on any atom is -0.370 e. The first-order valence-corrected chi connectivity index (χ1v) is 6.95. The molecule has 0 aliphatic carbocycles. The predicted octanol–water partition coefficient (Wildman–Crippen LogP) is 0.214. The van der Waals surface area contributed by atoms with Gasteiger partial charge in [-0.2, -0.15) is 4.98 Å². The van der Waals surface area contributed by atoms with Gasteiger partial charge in [0, 0.05) is 24.6 Å². The largest absolute Gasteiger partial charge is 0.370 e. The van der Waals surface area contributed by atoms with Crippen molar-refractivity contribution in [2.24, 2.45) is 0 Å². The number of anilines is 2. The number of aryl methyl sites for hydroxylation is 1. The molecule has 16 heavy (non-hydrogen) atoms. The lowest BCUT2D eigenvalue weighted by Gasteiger charge is -2.07. The van der Waals surface area contributed by atoms with Crippen LogP contribution in [0, 0.1) is 6.92 Å². The highest BCUT2D eigenvalue weighted by Crippen LogP contribution is 2.10. The Bertz CT molecular complexity index is 459. The lowest BCUT2D eigenvalue weighted by atomic mass is 10.3. The van der Waals surface area contributed by atoms with Crippen molar-refractivity contribution in [1.82, 2.24) is 9.97 Å². The van der Waals surface area contributed by atoms with E-state index in [1.807, 2.05) is 6.92 Å². The standard InChI is InChI=1S/C9H16N4O2S/c1-7-6-12-9(10)13-8(7)11-4-3-5-16(2,14)15/h6H,3-5H2,1-2H3,(H3,10,11,12,13). The van der Waals surface area contributed by atoms with Gasteiger partial charge in [-0.1, -0.05) is 0 Å². The summed E-state index contributed by atoms with van der Waals surface area (Å²) < 4.78 is 21.8. The molecule has 0 spiro atoms. The highest BCUT2D eigenvalue weighted by molar-refractivity contribution is 7.90. The van der Waals surface area contributed by atoms with Crippen LogP contribution in [0.3, 0.4) is 0 Å². The van der Waals surface area contributed by atoms with Gasteiger partial charge in [0.05, 0.1) is 5.75 Å². The van der Waals surface area contributed by atoms with Crippen LogP contribution in [0.1, 0.15) is 12.0 Å². The Morgan fingerprint density at radius 3 is 2.81 bits per heavy atom. The maximum atomic E-state index is 10.9. The lowest BCUT2D eigenvalue weighted by molar-refractivity contribution is 0.600. The van der Waals surface area contributed by atoms with Crippen LogP contribution >= 0.6 is 0 Å². The molecule has 0 unspecified atom stereocenters. The van der Waals surface area contributed by atoms with Gasteiger partial charge in [0.1, 0.15) is 15.7 Å². The van der Waals surface area contributed by atoms with Gasteiger partial charge in [-0.05, 0) is 13.3 Å². The van der Waals surface area contributed by atoms with E-state index in [1.165, 1.54) is 6.26 Å². The second-order valence-electron chi connectivity index (χ2n) is 3.67. The molecular formula is C9H16N4O2S. The second kappa shape index (κ2) is 5.11. The minimum atomic E-state index is -2.89. The molecule has 0 aliphatic heterocycles. The van der Waals surface area contributed by atoms with E-state index < -0.39 is 9.84 Å². The normalized spacial score (nSPS) is 11.4. The number of rotatable bonds is 5. The lowest BCUT2D eigenvalue weighted by Crippen LogP contribution is -2.12. The molecule has 0 saturated heterocycles. The molecule has 1 rings (SSSR count). The van der Waals surface area contributed by atoms with E-state index in [2.05, 4.69) is 15.3 Å². The van der Waals surface area contributed by atoms with Crippen LogP contribution in [-0.2, 0) is 9.84 Å². The molecule has 7 heteroatoms. The van der Waals surface area contributed by atoms with Crippen LogP contribution in [-0.4, -0.2) is 36.9 Å². The molecule has 0 amide bonds. The SMILES string of the molecule is Cc1cnc(N)nc1NCCCS(C)(=O)=O. The zero-order valence-corrected chi connectivity index (χ0v) is 10.2. The first-order chi connectivity index (χ1) is 7.38. The first kappa shape index (κ1) is 12.7. The Morgan fingerprint density at radius 2 is 2.19 bits per heavy atom. The van der Waals surface area contributed by atoms with Crippen molar-refractivity contribution in [1.29, 1.82) is 0 Å². The van der Waals surface area contributed by atoms with Gasteiger partial charge in [-0.25, -0.2) is 13.4 Å². The number of sulfone groups is 1. The number of nitrogens with two attached hydrogens (primary N) is 1. The summed E-state index contributed by atoms with van der Waals surface area (Å²) in [4.78, 5) is 7.85. The number of nitrogens with one attached hydrogen (secondary N) is 1. The highest BCUT2D eigenvalue weighted by Gasteiger charge is 2.03. The van der Waals surface area contributed by atoms with Crippen LogP contribution in [0.2, 0.25) is 0 Å². The van der Waals surface area contributed by atoms with Crippen molar-refractivity contribution < 1.29 is 8.42 Å². The van der Waals surface area contributed by atoms with Crippen molar-refractivity contribution in [3.63, 3.8) is 0 Å². The van der Waals surface area contributed by atoms with Crippen molar-refractivity contribution in [3.05, 3.63) is 11.8 Å². The van der Waals surface area contributed by atoms with Crippen LogP contribution in [0.25, 0.3) is 0 Å². The van der Waals surface area contributed by atoms with E-state index in [4.69, 9.17) is 5.73 Å². The monoisotopic (exact) mass is 244 g/mol. The quantitative estimate of drug-likeness (QED) is 0.719. The molecule has 0 bridgehead atoms. The van der Waals surface area contributed by atoms with Crippen molar-refractivity contribution in [2.75, 3.05) is 29.6 Å². The summed E-state index contributed by atoms with van der Waals surface area (Å²) in [5.41, 5.74) is 6.33. The van der Waals surface area contributed by atoms with Crippen LogP contribution in [0.4, 0.5) is 11.8 Å². The fraction of sp³-hybridized carbons (Fsp3) is 0.556. The summed E-state index contributed by atoms with van der Waals surface area (Å²) in [7, 11) is -2.89. The van der Waals surface area contributed by atoms with Gasteiger partial charge in [0.15, 0.2) is 0 Å². The number of hydrogen-bond acceptors (Lipinski definition) is 6. The highest BCUT2D eigenvalue weighted by atomic mass is 32.2. The molecule has 0 saturated carbocycles. The molecule has 6 nitrogen and oxygen atoms in total. The second-order valence-corrected chi connectivity index (χ2v) is 5.93. The third kappa shape index (κ3) is 4.43. The van der Waals surface area contributed by atoms with Crippen LogP contribution in [0.5, 0.6) is 0 Å². The average Bonchev–Trinajstić information content (AvgIpc) is 2.16. The topological polar surface area (TPSA) is 98.0 Å². The summed E-state index contributed by atoms with van der Waals surface area (Å²) in [5.74, 6) is 1.02. The van der Waals surface area contributed by atoms with Crippen LogP contribution < -0.4 is 11.1 Å². The molecule has 0 fully saturated rings. The molecule has 1 heterocycles. The van der Waals surface area contributed by atoms with Crippen molar-refractivity contribution in [3.8, 4) is 0 Å². The molecular weight excluding hydrogens is 228 g/mol. The number of nitrogens with zero attached hydrogens (tertiary/aromatic N) is 2. The molecule has 3 N–H and O–H groups in total. The van der Waals surface area contributed by atoms with Gasteiger partial charge < -0.3 is 11.1 Å². The maximum Gasteiger partial charge on any atom is 0.221 e. The summed E-state index contributed by atoms with van der Waals surface area (Å²) in [6.45, 7) is 2.41. The zero-order valence-electron chi connectivity index (χ0n) is 9.40. The van der Waals surface area contributed by atoms with Gasteiger partial charge in [0.2, 0.25) is 5.95 Å². The number of hydrogen-bond donors (Lipinski definition) is 2. The maximum absolute atomic E-state index is 10.9.